The minimum Gasteiger partial charge on any atom is -0.493 e. The number of carbonyl (C=O) groups is 1. The summed E-state index contributed by atoms with van der Waals surface area (Å²) in [7, 11) is 3.27. The fraction of sp³-hybridized carbons (Fsp3) is 0.368. The Morgan fingerprint density at radius 3 is 2.61 bits per heavy atom. The maximum absolute atomic E-state index is 12.6. The van der Waals surface area contributed by atoms with Crippen molar-refractivity contribution in [2.24, 2.45) is 14.1 Å². The number of ether oxygens (including phenoxy) is 2. The van der Waals surface area contributed by atoms with Crippen LogP contribution in [0.4, 0.5) is 0 Å². The average Bonchev–Trinajstić information content (AvgIpc) is 3.08. The van der Waals surface area contributed by atoms with Crippen molar-refractivity contribution in [1.82, 2.24) is 18.7 Å². The molecule has 0 fully saturated rings. The summed E-state index contributed by atoms with van der Waals surface area (Å²) in [6, 6.07) is 9.20. The number of hydrogen-bond acceptors (Lipinski definition) is 6. The van der Waals surface area contributed by atoms with Gasteiger partial charge in [-0.3, -0.25) is 18.7 Å². The first-order chi connectivity index (χ1) is 13.5. The molecular weight excluding hydrogens is 364 g/mol. The van der Waals surface area contributed by atoms with E-state index in [-0.39, 0.29) is 26.2 Å². The number of imidazole rings is 1. The van der Waals surface area contributed by atoms with Crippen LogP contribution in [0.25, 0.3) is 11.2 Å². The SMILES string of the molecule is Cn1cnc2c1c(=O)n(CCCOC(=O)CCOc1ccccc1)c(=O)n2C. The van der Waals surface area contributed by atoms with Gasteiger partial charge in [0.2, 0.25) is 0 Å². The molecular formula is C19H22N4O5. The third-order valence-corrected chi connectivity index (χ3v) is 4.31. The highest BCUT2D eigenvalue weighted by Gasteiger charge is 2.14. The summed E-state index contributed by atoms with van der Waals surface area (Å²) in [5.74, 6) is 0.300. The second kappa shape index (κ2) is 8.55. The fourth-order valence-electron chi connectivity index (χ4n) is 2.84. The number of carbonyl (C=O) groups excluding carboxylic acids is 1. The van der Waals surface area contributed by atoms with Crippen LogP contribution in [-0.4, -0.2) is 37.9 Å². The average molecular weight is 386 g/mol. The largest absolute Gasteiger partial charge is 0.493 e. The summed E-state index contributed by atoms with van der Waals surface area (Å²) in [6.07, 6.45) is 1.97. The van der Waals surface area contributed by atoms with E-state index in [1.807, 2.05) is 30.3 Å². The smallest absolute Gasteiger partial charge is 0.332 e. The Hall–Kier alpha value is -3.36. The van der Waals surface area contributed by atoms with Crippen LogP contribution in [0.3, 0.4) is 0 Å². The van der Waals surface area contributed by atoms with Crippen LogP contribution in [0.1, 0.15) is 12.8 Å². The van der Waals surface area contributed by atoms with E-state index in [9.17, 15) is 14.4 Å². The van der Waals surface area contributed by atoms with Crippen LogP contribution in [-0.2, 0) is 30.2 Å². The highest BCUT2D eigenvalue weighted by atomic mass is 16.5. The van der Waals surface area contributed by atoms with Crippen LogP contribution in [0.2, 0.25) is 0 Å². The number of aryl methyl sites for hydroxylation is 2. The Balaban J connectivity index is 1.50. The van der Waals surface area contributed by atoms with E-state index in [1.54, 1.807) is 18.7 Å². The minimum atomic E-state index is -0.446. The molecule has 0 saturated carbocycles. The summed E-state index contributed by atoms with van der Waals surface area (Å²) in [5.41, 5.74) is -0.143. The topological polar surface area (TPSA) is 97.4 Å². The van der Waals surface area contributed by atoms with Crippen molar-refractivity contribution in [2.75, 3.05) is 13.2 Å². The number of aromatic nitrogens is 4. The number of rotatable bonds is 8. The van der Waals surface area contributed by atoms with E-state index in [2.05, 4.69) is 4.98 Å². The molecule has 0 N–H and O–H groups in total. The van der Waals surface area contributed by atoms with Crippen molar-refractivity contribution in [3.05, 3.63) is 57.5 Å². The van der Waals surface area contributed by atoms with Gasteiger partial charge in [0.25, 0.3) is 5.56 Å². The highest BCUT2D eigenvalue weighted by molar-refractivity contribution is 5.70. The summed E-state index contributed by atoms with van der Waals surface area (Å²) < 4.78 is 14.6. The molecule has 28 heavy (non-hydrogen) atoms. The highest BCUT2D eigenvalue weighted by Crippen LogP contribution is 2.08. The molecule has 0 spiro atoms. The van der Waals surface area contributed by atoms with Gasteiger partial charge in [0, 0.05) is 20.6 Å². The van der Waals surface area contributed by atoms with Gasteiger partial charge in [0.1, 0.15) is 5.75 Å². The molecule has 0 aliphatic heterocycles. The van der Waals surface area contributed by atoms with E-state index in [1.165, 1.54) is 10.9 Å². The number of esters is 1. The summed E-state index contributed by atoms with van der Waals surface area (Å²) in [6.45, 7) is 0.490. The predicted octanol–water partition coefficient (Wildman–Crippen LogP) is 0.836. The second-order valence-corrected chi connectivity index (χ2v) is 6.31. The first-order valence-corrected chi connectivity index (χ1v) is 8.93. The maximum Gasteiger partial charge on any atom is 0.332 e. The van der Waals surface area contributed by atoms with E-state index in [0.717, 1.165) is 4.57 Å². The zero-order valence-electron chi connectivity index (χ0n) is 15.8. The first-order valence-electron chi connectivity index (χ1n) is 8.93. The van der Waals surface area contributed by atoms with Gasteiger partial charge in [-0.25, -0.2) is 9.78 Å². The van der Waals surface area contributed by atoms with Gasteiger partial charge in [0.15, 0.2) is 11.2 Å². The van der Waals surface area contributed by atoms with Crippen molar-refractivity contribution in [1.29, 1.82) is 0 Å². The van der Waals surface area contributed by atoms with Crippen molar-refractivity contribution >= 4 is 17.1 Å². The zero-order chi connectivity index (χ0) is 20.1. The third-order valence-electron chi connectivity index (χ3n) is 4.31. The lowest BCUT2D eigenvalue weighted by atomic mass is 10.3. The van der Waals surface area contributed by atoms with Gasteiger partial charge in [-0.15, -0.1) is 0 Å². The van der Waals surface area contributed by atoms with Crippen molar-refractivity contribution in [2.45, 2.75) is 19.4 Å². The van der Waals surface area contributed by atoms with Crippen LogP contribution in [0, 0.1) is 0 Å². The molecule has 0 aliphatic rings. The van der Waals surface area contributed by atoms with Crippen molar-refractivity contribution in [3.8, 4) is 5.75 Å². The van der Waals surface area contributed by atoms with E-state index < -0.39 is 17.2 Å². The fourth-order valence-corrected chi connectivity index (χ4v) is 2.84. The standard InChI is InChI=1S/C19H22N4O5/c1-21-13-20-17-16(21)18(25)23(19(26)22(17)2)10-6-11-28-15(24)9-12-27-14-7-4-3-5-8-14/h3-5,7-8,13H,6,9-12H2,1-2H3. The Kier molecular flexibility index (Phi) is 5.93. The molecule has 2 aromatic heterocycles. The zero-order valence-corrected chi connectivity index (χ0v) is 15.8. The number of nitrogens with zero attached hydrogens (tertiary/aromatic N) is 4. The lowest BCUT2D eigenvalue weighted by Crippen LogP contribution is -2.39. The van der Waals surface area contributed by atoms with Gasteiger partial charge in [0.05, 0.1) is 26.0 Å². The molecule has 0 radical (unpaired) electrons. The quantitative estimate of drug-likeness (QED) is 0.420. The predicted molar refractivity (Wildman–Crippen MR) is 102 cm³/mol. The Morgan fingerprint density at radius 2 is 1.86 bits per heavy atom. The van der Waals surface area contributed by atoms with Gasteiger partial charge in [-0.1, -0.05) is 18.2 Å². The van der Waals surface area contributed by atoms with E-state index in [4.69, 9.17) is 9.47 Å². The Bertz CT molecular complexity index is 1080. The van der Waals surface area contributed by atoms with Crippen molar-refractivity contribution < 1.29 is 14.3 Å². The van der Waals surface area contributed by atoms with Gasteiger partial charge >= 0.3 is 11.7 Å². The Morgan fingerprint density at radius 1 is 1.11 bits per heavy atom. The van der Waals surface area contributed by atoms with Gasteiger partial charge < -0.3 is 14.0 Å². The Labute approximate surface area is 160 Å². The van der Waals surface area contributed by atoms with Gasteiger partial charge in [-0.2, -0.15) is 0 Å². The van der Waals surface area contributed by atoms with Crippen LogP contribution in [0.5, 0.6) is 5.75 Å². The summed E-state index contributed by atoms with van der Waals surface area (Å²) in [4.78, 5) is 40.8. The lowest BCUT2D eigenvalue weighted by Gasteiger charge is -2.09. The molecule has 0 bridgehead atoms. The summed E-state index contributed by atoms with van der Waals surface area (Å²) in [5, 5.41) is 0. The normalized spacial score (nSPS) is 10.9. The van der Waals surface area contributed by atoms with Crippen LogP contribution < -0.4 is 16.0 Å². The third kappa shape index (κ3) is 4.13. The molecule has 0 unspecified atom stereocenters. The summed E-state index contributed by atoms with van der Waals surface area (Å²) >= 11 is 0. The lowest BCUT2D eigenvalue weighted by molar-refractivity contribution is -0.144. The monoisotopic (exact) mass is 386 g/mol. The van der Waals surface area contributed by atoms with Gasteiger partial charge in [-0.05, 0) is 18.6 Å². The number of benzene rings is 1. The van der Waals surface area contributed by atoms with E-state index in [0.29, 0.717) is 23.3 Å². The molecule has 3 rings (SSSR count). The van der Waals surface area contributed by atoms with E-state index >= 15 is 0 Å². The number of fused-ring (bicyclic) bond motifs is 1. The molecule has 1 aromatic carbocycles. The molecule has 0 aliphatic carbocycles. The molecule has 0 saturated heterocycles. The molecule has 0 atom stereocenters. The molecule has 148 valence electrons. The first kappa shape index (κ1) is 19.4. The van der Waals surface area contributed by atoms with Crippen molar-refractivity contribution in [3.63, 3.8) is 0 Å². The molecule has 9 nitrogen and oxygen atoms in total. The maximum atomic E-state index is 12.6. The minimum absolute atomic E-state index is 0.114. The molecule has 0 amide bonds. The second-order valence-electron chi connectivity index (χ2n) is 6.31. The number of hydrogen-bond donors (Lipinski definition) is 0. The number of para-hydroxylation sites is 1. The molecule has 3 aromatic rings. The van der Waals surface area contributed by atoms with Crippen LogP contribution in [0.15, 0.2) is 46.2 Å². The van der Waals surface area contributed by atoms with Crippen LogP contribution >= 0.6 is 0 Å². The molecule has 2 heterocycles. The molecule has 9 heteroatoms.